The quantitative estimate of drug-likeness (QED) is 0.749. The van der Waals surface area contributed by atoms with E-state index in [-0.39, 0.29) is 24.1 Å². The van der Waals surface area contributed by atoms with E-state index in [0.29, 0.717) is 31.7 Å². The van der Waals surface area contributed by atoms with Gasteiger partial charge >= 0.3 is 0 Å². The molecule has 2 aromatic carbocycles. The Bertz CT molecular complexity index is 942. The molecule has 3 rings (SSSR count). The van der Waals surface area contributed by atoms with Gasteiger partial charge < -0.3 is 10.1 Å². The van der Waals surface area contributed by atoms with Crippen LogP contribution in [0.4, 0.5) is 5.69 Å². The van der Waals surface area contributed by atoms with Crippen LogP contribution in [0.15, 0.2) is 48.5 Å². The molecule has 0 aliphatic carbocycles. The van der Waals surface area contributed by atoms with Crippen molar-refractivity contribution in [1.82, 2.24) is 4.31 Å². The van der Waals surface area contributed by atoms with Crippen LogP contribution < -0.4 is 10.1 Å². The summed E-state index contributed by atoms with van der Waals surface area (Å²) < 4.78 is 32.7. The molecule has 0 unspecified atom stereocenters. The van der Waals surface area contributed by atoms with Crippen molar-refractivity contribution in [3.63, 3.8) is 0 Å². The number of nitrogens with zero attached hydrogens (tertiary/aromatic N) is 1. The minimum atomic E-state index is -3.47. The van der Waals surface area contributed by atoms with Crippen LogP contribution in [0, 0.1) is 12.8 Å². The maximum absolute atomic E-state index is 12.9. The van der Waals surface area contributed by atoms with Crippen molar-refractivity contribution >= 4 is 21.6 Å². The van der Waals surface area contributed by atoms with Crippen LogP contribution in [0.1, 0.15) is 30.9 Å². The van der Waals surface area contributed by atoms with E-state index >= 15 is 0 Å². The summed E-state index contributed by atoms with van der Waals surface area (Å²) >= 11 is 0. The molecule has 0 spiro atoms. The Kier molecular flexibility index (Phi) is 6.92. The van der Waals surface area contributed by atoms with E-state index in [1.165, 1.54) is 4.31 Å². The van der Waals surface area contributed by atoms with Crippen LogP contribution in [-0.4, -0.2) is 38.3 Å². The van der Waals surface area contributed by atoms with Crippen molar-refractivity contribution in [3.05, 3.63) is 59.7 Å². The molecule has 156 valence electrons. The van der Waals surface area contributed by atoms with Gasteiger partial charge in [-0.1, -0.05) is 24.3 Å². The highest BCUT2D eigenvalue weighted by Gasteiger charge is 2.32. The lowest BCUT2D eigenvalue weighted by atomic mass is 9.99. The zero-order valence-electron chi connectivity index (χ0n) is 16.9. The van der Waals surface area contributed by atoms with E-state index in [2.05, 4.69) is 5.32 Å². The third-order valence-electron chi connectivity index (χ3n) is 5.18. The zero-order valence-corrected chi connectivity index (χ0v) is 17.7. The number of nitrogens with one attached hydrogen (secondary N) is 1. The highest BCUT2D eigenvalue weighted by atomic mass is 32.2. The summed E-state index contributed by atoms with van der Waals surface area (Å²) in [4.78, 5) is 12.7. The summed E-state index contributed by atoms with van der Waals surface area (Å²) in [6, 6.07) is 14.7. The van der Waals surface area contributed by atoms with Crippen LogP contribution >= 0.6 is 0 Å². The summed E-state index contributed by atoms with van der Waals surface area (Å²) in [5, 5.41) is 2.90. The number of sulfonamides is 1. The van der Waals surface area contributed by atoms with E-state index in [1.54, 1.807) is 24.3 Å². The van der Waals surface area contributed by atoms with Crippen molar-refractivity contribution in [3.8, 4) is 5.75 Å². The summed E-state index contributed by atoms with van der Waals surface area (Å²) in [7, 11) is -3.47. The zero-order chi connectivity index (χ0) is 20.9. The number of hydrogen-bond donors (Lipinski definition) is 1. The summed E-state index contributed by atoms with van der Waals surface area (Å²) in [6.45, 7) is 5.09. The molecule has 1 saturated heterocycles. The van der Waals surface area contributed by atoms with Gasteiger partial charge in [-0.25, -0.2) is 12.7 Å². The van der Waals surface area contributed by atoms with Crippen LogP contribution in [-0.2, 0) is 20.6 Å². The number of aryl methyl sites for hydroxylation is 1. The van der Waals surface area contributed by atoms with Crippen molar-refractivity contribution < 1.29 is 17.9 Å². The van der Waals surface area contributed by atoms with Gasteiger partial charge in [-0.15, -0.1) is 0 Å². The predicted molar refractivity (Wildman–Crippen MR) is 114 cm³/mol. The molecule has 7 heteroatoms. The molecule has 1 aliphatic rings. The second kappa shape index (κ2) is 9.41. The fourth-order valence-electron chi connectivity index (χ4n) is 3.51. The fraction of sp³-hybridized carbons (Fsp3) is 0.409. The molecule has 0 aromatic heterocycles. The molecule has 0 bridgehead atoms. The predicted octanol–water partition coefficient (Wildman–Crippen LogP) is 3.57. The maximum atomic E-state index is 12.9. The Balaban J connectivity index is 1.63. The Hall–Kier alpha value is -2.38. The summed E-state index contributed by atoms with van der Waals surface area (Å²) in [5.41, 5.74) is 2.43. The van der Waals surface area contributed by atoms with Gasteiger partial charge in [-0.2, -0.15) is 0 Å². The van der Waals surface area contributed by atoms with Gasteiger partial charge in [0.15, 0.2) is 0 Å². The molecule has 1 N–H and O–H groups in total. The molecule has 1 fully saturated rings. The Labute approximate surface area is 172 Å². The molecule has 1 amide bonds. The average molecular weight is 417 g/mol. The van der Waals surface area contributed by atoms with Gasteiger partial charge in [-0.05, 0) is 62.1 Å². The second-order valence-corrected chi connectivity index (χ2v) is 9.30. The monoisotopic (exact) mass is 416 g/mol. The van der Waals surface area contributed by atoms with E-state index in [4.69, 9.17) is 4.74 Å². The maximum Gasteiger partial charge on any atom is 0.228 e. The van der Waals surface area contributed by atoms with Gasteiger partial charge in [-0.3, -0.25) is 4.79 Å². The van der Waals surface area contributed by atoms with Gasteiger partial charge in [0.05, 0.1) is 18.3 Å². The van der Waals surface area contributed by atoms with Crippen molar-refractivity contribution in [1.29, 1.82) is 0 Å². The van der Waals surface area contributed by atoms with Crippen LogP contribution in [0.5, 0.6) is 5.75 Å². The lowest BCUT2D eigenvalue weighted by Gasteiger charge is -2.31. The molecule has 2 aromatic rings. The minimum Gasteiger partial charge on any atom is -0.494 e. The largest absolute Gasteiger partial charge is 0.494 e. The molecule has 6 nitrogen and oxygen atoms in total. The SMILES string of the molecule is CCOc1ccc(NC(=O)[C@@H]2CCCN(S(=O)(=O)Cc3ccccc3C)C2)cc1. The van der Waals surface area contributed by atoms with E-state index in [0.717, 1.165) is 16.9 Å². The van der Waals surface area contributed by atoms with Crippen LogP contribution in [0.2, 0.25) is 0 Å². The number of piperidine rings is 1. The van der Waals surface area contributed by atoms with Crippen molar-refractivity contribution in [2.75, 3.05) is 25.0 Å². The second-order valence-electron chi connectivity index (χ2n) is 7.33. The first-order valence-corrected chi connectivity index (χ1v) is 11.6. The average Bonchev–Trinajstić information content (AvgIpc) is 2.71. The molecule has 1 aliphatic heterocycles. The fourth-order valence-corrected chi connectivity index (χ4v) is 5.23. The number of rotatable bonds is 7. The summed E-state index contributed by atoms with van der Waals surface area (Å²) in [5.74, 6) is 0.205. The number of carbonyl (C=O) groups excluding carboxylic acids is 1. The standard InChI is InChI=1S/C22H28N2O4S/c1-3-28-21-12-10-20(11-13-21)23-22(25)18-9-6-14-24(15-18)29(26,27)16-19-8-5-4-7-17(19)2/h4-5,7-8,10-13,18H,3,6,9,14-16H2,1-2H3,(H,23,25)/t18-/m1/s1. The van der Waals surface area contributed by atoms with E-state index < -0.39 is 10.0 Å². The van der Waals surface area contributed by atoms with Gasteiger partial charge in [0.2, 0.25) is 15.9 Å². The van der Waals surface area contributed by atoms with Crippen LogP contribution in [0.3, 0.4) is 0 Å². The van der Waals surface area contributed by atoms with Crippen molar-refractivity contribution in [2.45, 2.75) is 32.4 Å². The van der Waals surface area contributed by atoms with E-state index in [1.807, 2.05) is 38.1 Å². The van der Waals surface area contributed by atoms with Gasteiger partial charge in [0.25, 0.3) is 0 Å². The summed E-state index contributed by atoms with van der Waals surface area (Å²) in [6.07, 6.45) is 1.35. The van der Waals surface area contributed by atoms with Crippen molar-refractivity contribution in [2.24, 2.45) is 5.92 Å². The Morgan fingerprint density at radius 1 is 1.17 bits per heavy atom. The Morgan fingerprint density at radius 3 is 2.59 bits per heavy atom. The number of hydrogen-bond acceptors (Lipinski definition) is 4. The lowest BCUT2D eigenvalue weighted by Crippen LogP contribution is -2.44. The molecular weight excluding hydrogens is 388 g/mol. The first kappa shape index (κ1) is 21.3. The minimum absolute atomic E-state index is 0.0348. The number of ether oxygens (including phenoxy) is 1. The molecule has 1 atom stereocenters. The van der Waals surface area contributed by atoms with E-state index in [9.17, 15) is 13.2 Å². The highest BCUT2D eigenvalue weighted by Crippen LogP contribution is 2.24. The molecule has 0 radical (unpaired) electrons. The van der Waals surface area contributed by atoms with Crippen LogP contribution in [0.25, 0.3) is 0 Å². The highest BCUT2D eigenvalue weighted by molar-refractivity contribution is 7.88. The first-order valence-electron chi connectivity index (χ1n) is 9.95. The molecular formula is C22H28N2O4S. The first-order chi connectivity index (χ1) is 13.9. The third-order valence-corrected chi connectivity index (χ3v) is 6.97. The molecule has 0 saturated carbocycles. The number of benzene rings is 2. The van der Waals surface area contributed by atoms with Gasteiger partial charge in [0.1, 0.15) is 5.75 Å². The number of amides is 1. The molecule has 29 heavy (non-hydrogen) atoms. The molecule has 1 heterocycles. The number of anilines is 1. The lowest BCUT2D eigenvalue weighted by molar-refractivity contribution is -0.120. The third kappa shape index (κ3) is 5.58. The Morgan fingerprint density at radius 2 is 1.90 bits per heavy atom. The van der Waals surface area contributed by atoms with Gasteiger partial charge in [0, 0.05) is 18.8 Å². The normalized spacial score (nSPS) is 17.7. The smallest absolute Gasteiger partial charge is 0.228 e. The topological polar surface area (TPSA) is 75.7 Å². The number of carbonyl (C=O) groups is 1.